The Labute approximate surface area is 229 Å². The minimum absolute atomic E-state index is 0.00915. The molecule has 2 atom stereocenters. The quantitative estimate of drug-likeness (QED) is 0.327. The molecule has 8 nitrogen and oxygen atoms in total. The van der Waals surface area contributed by atoms with Crippen LogP contribution in [0.25, 0.3) is 10.8 Å². The molecule has 1 fully saturated rings. The van der Waals surface area contributed by atoms with Crippen molar-refractivity contribution in [2.75, 3.05) is 13.1 Å². The second-order valence-corrected chi connectivity index (χ2v) is 10.3. The number of rotatable bonds is 6. The molecule has 3 aromatic heterocycles. The lowest BCUT2D eigenvalue weighted by molar-refractivity contribution is 0.0783. The summed E-state index contributed by atoms with van der Waals surface area (Å²) in [6.45, 7) is 3.50. The number of pyridine rings is 1. The fraction of sp³-hybridized carbons (Fsp3) is 0.296. The van der Waals surface area contributed by atoms with E-state index in [1.54, 1.807) is 19.2 Å². The van der Waals surface area contributed by atoms with Crippen molar-refractivity contribution in [3.63, 3.8) is 0 Å². The summed E-state index contributed by atoms with van der Waals surface area (Å²) in [5.74, 6) is -5.67. The summed E-state index contributed by atoms with van der Waals surface area (Å²) >= 11 is 1.15. The Hall–Kier alpha value is -4.13. The maximum atomic E-state index is 14.3. The molecule has 0 aliphatic carbocycles. The van der Waals surface area contributed by atoms with Crippen molar-refractivity contribution in [1.29, 1.82) is 0 Å². The second-order valence-electron chi connectivity index (χ2n) is 9.49. The molecule has 1 aliphatic rings. The molecule has 0 radical (unpaired) electrons. The van der Waals surface area contributed by atoms with Gasteiger partial charge in [0.05, 0.1) is 17.9 Å². The maximum absolute atomic E-state index is 14.3. The van der Waals surface area contributed by atoms with Crippen LogP contribution in [0.15, 0.2) is 40.6 Å². The number of thiazole rings is 1. The van der Waals surface area contributed by atoms with Crippen molar-refractivity contribution in [2.24, 2.45) is 0 Å². The SMILES string of the molecule is CC[C@@H](c1cc(F)cc(F)c1)n1c(-c2nc(C)cs2)nc(O)c(C(=O)N2CCC(c3ncc(F)cc3F)C2)c1=O. The number of nitrogens with zero attached hydrogens (tertiary/aromatic N) is 5. The van der Waals surface area contributed by atoms with E-state index < -0.39 is 58.1 Å². The lowest BCUT2D eigenvalue weighted by Gasteiger charge is -2.24. The van der Waals surface area contributed by atoms with Crippen LogP contribution in [0, 0.1) is 30.2 Å². The maximum Gasteiger partial charge on any atom is 0.271 e. The first-order valence-corrected chi connectivity index (χ1v) is 13.3. The third-order valence-corrected chi connectivity index (χ3v) is 7.74. The van der Waals surface area contributed by atoms with Crippen LogP contribution in [0.3, 0.4) is 0 Å². The normalized spacial score (nSPS) is 15.9. The summed E-state index contributed by atoms with van der Waals surface area (Å²) in [5.41, 5.74) is -0.825. The average Bonchev–Trinajstić information content (AvgIpc) is 3.54. The topological polar surface area (TPSA) is 101 Å². The Morgan fingerprint density at radius 3 is 2.48 bits per heavy atom. The third kappa shape index (κ3) is 5.08. The Kier molecular flexibility index (Phi) is 7.41. The summed E-state index contributed by atoms with van der Waals surface area (Å²) in [6, 6.07) is 2.63. The number of amides is 1. The van der Waals surface area contributed by atoms with E-state index in [1.807, 2.05) is 0 Å². The first kappa shape index (κ1) is 27.4. The van der Waals surface area contributed by atoms with Gasteiger partial charge < -0.3 is 10.0 Å². The molecule has 13 heteroatoms. The highest BCUT2D eigenvalue weighted by molar-refractivity contribution is 7.13. The van der Waals surface area contributed by atoms with Crippen LogP contribution in [-0.2, 0) is 0 Å². The fourth-order valence-electron chi connectivity index (χ4n) is 4.99. The molecule has 4 aromatic rings. The molecule has 1 N–H and O–H groups in total. The van der Waals surface area contributed by atoms with Crippen molar-refractivity contribution < 1.29 is 27.5 Å². The molecule has 1 unspecified atom stereocenters. The number of carbonyl (C=O) groups is 1. The van der Waals surface area contributed by atoms with Crippen LogP contribution in [0.4, 0.5) is 17.6 Å². The van der Waals surface area contributed by atoms with Crippen molar-refractivity contribution in [3.05, 3.63) is 92.0 Å². The zero-order chi connectivity index (χ0) is 28.7. The van der Waals surface area contributed by atoms with Gasteiger partial charge in [-0.05, 0) is 37.5 Å². The number of likely N-dealkylation sites (tertiary alicyclic amines) is 1. The van der Waals surface area contributed by atoms with Gasteiger partial charge in [-0.15, -0.1) is 11.3 Å². The smallest absolute Gasteiger partial charge is 0.271 e. The highest BCUT2D eigenvalue weighted by atomic mass is 32.1. The van der Waals surface area contributed by atoms with Crippen LogP contribution in [0.5, 0.6) is 5.88 Å². The average molecular weight is 574 g/mol. The van der Waals surface area contributed by atoms with Crippen LogP contribution >= 0.6 is 11.3 Å². The van der Waals surface area contributed by atoms with E-state index >= 15 is 0 Å². The number of hydrogen-bond acceptors (Lipinski definition) is 7. The molecule has 1 amide bonds. The molecule has 1 aliphatic heterocycles. The predicted octanol–water partition coefficient (Wildman–Crippen LogP) is 4.96. The first-order valence-electron chi connectivity index (χ1n) is 12.4. The zero-order valence-electron chi connectivity index (χ0n) is 21.4. The van der Waals surface area contributed by atoms with Gasteiger partial charge in [-0.3, -0.25) is 19.1 Å². The summed E-state index contributed by atoms with van der Waals surface area (Å²) in [6.07, 6.45) is 1.36. The van der Waals surface area contributed by atoms with Crippen LogP contribution < -0.4 is 5.56 Å². The zero-order valence-corrected chi connectivity index (χ0v) is 22.2. The Balaban J connectivity index is 1.60. The van der Waals surface area contributed by atoms with Crippen LogP contribution in [0.1, 0.15) is 59.0 Å². The summed E-state index contributed by atoms with van der Waals surface area (Å²) < 4.78 is 57.1. The lowest BCUT2D eigenvalue weighted by Crippen LogP contribution is -2.38. The predicted molar refractivity (Wildman–Crippen MR) is 138 cm³/mol. The molecule has 40 heavy (non-hydrogen) atoms. The standard InChI is InChI=1S/C27H23F4N5O3S/c1-3-20(15-6-16(28)8-17(29)7-15)36-23(25-33-13(2)12-40-25)34-24(37)21(27(36)39)26(38)35-5-4-14(11-35)22-19(31)9-18(30)10-32-22/h6-10,12,14,20,37H,3-5,11H2,1-2H3/t14?,20-/m0/s1. The highest BCUT2D eigenvalue weighted by Crippen LogP contribution is 2.33. The van der Waals surface area contributed by atoms with Gasteiger partial charge in [0.15, 0.2) is 16.4 Å². The first-order chi connectivity index (χ1) is 19.1. The van der Waals surface area contributed by atoms with Gasteiger partial charge in [-0.1, -0.05) is 6.92 Å². The number of hydrogen-bond donors (Lipinski definition) is 1. The van der Waals surface area contributed by atoms with E-state index in [0.29, 0.717) is 24.2 Å². The Morgan fingerprint density at radius 1 is 1.12 bits per heavy atom. The summed E-state index contributed by atoms with van der Waals surface area (Å²) in [7, 11) is 0. The van der Waals surface area contributed by atoms with Crippen molar-refractivity contribution in [3.8, 4) is 16.7 Å². The Bertz CT molecular complexity index is 1650. The van der Waals surface area contributed by atoms with Gasteiger partial charge in [-0.2, -0.15) is 4.98 Å². The van der Waals surface area contributed by atoms with Crippen LogP contribution in [-0.4, -0.2) is 48.5 Å². The molecule has 208 valence electrons. The molecule has 0 saturated carbocycles. The molecular formula is C27H23F4N5O3S. The van der Waals surface area contributed by atoms with Crippen molar-refractivity contribution in [2.45, 2.75) is 38.6 Å². The lowest BCUT2D eigenvalue weighted by atomic mass is 10.0. The van der Waals surface area contributed by atoms with E-state index in [4.69, 9.17) is 0 Å². The number of aromatic nitrogens is 4. The molecule has 5 rings (SSSR count). The van der Waals surface area contributed by atoms with E-state index in [9.17, 15) is 32.3 Å². The molecule has 0 spiro atoms. The van der Waals surface area contributed by atoms with Gasteiger partial charge in [-0.25, -0.2) is 22.5 Å². The monoisotopic (exact) mass is 573 g/mol. The van der Waals surface area contributed by atoms with E-state index in [-0.39, 0.29) is 41.6 Å². The van der Waals surface area contributed by atoms with Crippen LogP contribution in [0.2, 0.25) is 0 Å². The summed E-state index contributed by atoms with van der Waals surface area (Å²) in [5, 5.41) is 12.8. The van der Waals surface area contributed by atoms with Gasteiger partial charge in [0.25, 0.3) is 11.5 Å². The molecule has 1 saturated heterocycles. The molecular weight excluding hydrogens is 550 g/mol. The van der Waals surface area contributed by atoms with E-state index in [1.165, 1.54) is 4.90 Å². The minimum atomic E-state index is -0.958. The van der Waals surface area contributed by atoms with E-state index in [0.717, 1.165) is 34.2 Å². The second kappa shape index (κ2) is 10.8. The third-order valence-electron chi connectivity index (χ3n) is 6.79. The molecule has 1 aromatic carbocycles. The largest absolute Gasteiger partial charge is 0.493 e. The fourth-order valence-corrected chi connectivity index (χ4v) is 5.77. The summed E-state index contributed by atoms with van der Waals surface area (Å²) in [4.78, 5) is 41.1. The van der Waals surface area contributed by atoms with Gasteiger partial charge >= 0.3 is 0 Å². The van der Waals surface area contributed by atoms with Gasteiger partial charge in [0.1, 0.15) is 23.3 Å². The van der Waals surface area contributed by atoms with Gasteiger partial charge in [0, 0.05) is 42.2 Å². The van der Waals surface area contributed by atoms with E-state index in [2.05, 4.69) is 15.0 Å². The minimum Gasteiger partial charge on any atom is -0.493 e. The number of aryl methyl sites for hydroxylation is 1. The number of benzene rings is 1. The molecule has 4 heterocycles. The Morgan fingerprint density at radius 2 is 1.85 bits per heavy atom. The molecule has 0 bridgehead atoms. The number of carbonyl (C=O) groups excluding carboxylic acids is 1. The van der Waals surface area contributed by atoms with Gasteiger partial charge in [0.2, 0.25) is 5.88 Å². The van der Waals surface area contributed by atoms with Crippen molar-refractivity contribution in [1.82, 2.24) is 24.4 Å². The number of aromatic hydroxyl groups is 1. The highest BCUT2D eigenvalue weighted by Gasteiger charge is 2.35. The number of halogens is 4. The van der Waals surface area contributed by atoms with Crippen molar-refractivity contribution >= 4 is 17.2 Å².